The summed E-state index contributed by atoms with van der Waals surface area (Å²) in [5.74, 6) is -0.0606. The molecule has 0 heterocycles. The summed E-state index contributed by atoms with van der Waals surface area (Å²) in [5, 5.41) is 2.90. The highest BCUT2D eigenvalue weighted by atomic mass is 32.2. The number of urea groups is 1. The summed E-state index contributed by atoms with van der Waals surface area (Å²) >= 11 is 1.60. The summed E-state index contributed by atoms with van der Waals surface area (Å²) in [4.78, 5) is 15.1. The maximum absolute atomic E-state index is 13.0. The van der Waals surface area contributed by atoms with Crippen molar-refractivity contribution >= 4 is 33.6 Å². The number of thioether (sulfide) groups is 1. The van der Waals surface area contributed by atoms with Crippen molar-refractivity contribution in [1.29, 1.82) is 0 Å². The number of benzene rings is 3. The van der Waals surface area contributed by atoms with Crippen LogP contribution in [-0.4, -0.2) is 31.6 Å². The predicted octanol–water partition coefficient (Wildman–Crippen LogP) is 7.03. The minimum absolute atomic E-state index is 0.0606. The van der Waals surface area contributed by atoms with Crippen LogP contribution in [0, 0.1) is 0 Å². The molecular weight excluding hydrogens is 525 g/mol. The zero-order chi connectivity index (χ0) is 27.2. The third-order valence-corrected chi connectivity index (χ3v) is 7.64. The van der Waals surface area contributed by atoms with E-state index in [4.69, 9.17) is 4.18 Å². The zero-order valence-corrected chi connectivity index (χ0v) is 22.1. The molecule has 0 saturated heterocycles. The molecule has 11 heteroatoms. The van der Waals surface area contributed by atoms with Crippen LogP contribution in [0.2, 0.25) is 0 Å². The fourth-order valence-corrected chi connectivity index (χ4v) is 4.75. The second kappa shape index (κ2) is 11.9. The van der Waals surface area contributed by atoms with E-state index in [0.717, 1.165) is 35.1 Å². The quantitative estimate of drug-likeness (QED) is 0.228. The van der Waals surface area contributed by atoms with E-state index in [1.165, 1.54) is 12.1 Å². The van der Waals surface area contributed by atoms with Gasteiger partial charge in [-0.2, -0.15) is 21.6 Å². The molecule has 0 aliphatic rings. The van der Waals surface area contributed by atoms with Crippen molar-refractivity contribution in [3.63, 3.8) is 0 Å². The standard InChI is InChI=1S/C26H27F3N2O4S2/c1-4-18(2)31(25(32)30-21-10-14-23(36-3)15-11-21)17-19-8-12-22(13-9-19)35-37(33,34)24-7-5-6-20(16-24)26(27,28)29/h5-16,18H,4,17H2,1-3H3,(H,30,32). The molecule has 0 radical (unpaired) electrons. The summed E-state index contributed by atoms with van der Waals surface area (Å²) in [6.45, 7) is 4.15. The Balaban J connectivity index is 1.72. The lowest BCUT2D eigenvalue weighted by atomic mass is 10.1. The molecule has 0 spiro atoms. The molecule has 37 heavy (non-hydrogen) atoms. The second-order valence-electron chi connectivity index (χ2n) is 8.25. The van der Waals surface area contributed by atoms with Gasteiger partial charge in [0.05, 0.1) is 5.56 Å². The fourth-order valence-electron chi connectivity index (χ4n) is 3.37. The highest BCUT2D eigenvalue weighted by Gasteiger charge is 2.32. The summed E-state index contributed by atoms with van der Waals surface area (Å²) in [6, 6.07) is 16.5. The average Bonchev–Trinajstić information content (AvgIpc) is 2.87. The number of rotatable bonds is 9. The predicted molar refractivity (Wildman–Crippen MR) is 138 cm³/mol. The highest BCUT2D eigenvalue weighted by Crippen LogP contribution is 2.31. The molecule has 0 aliphatic heterocycles. The lowest BCUT2D eigenvalue weighted by molar-refractivity contribution is -0.137. The monoisotopic (exact) mass is 552 g/mol. The molecule has 198 valence electrons. The van der Waals surface area contributed by atoms with Crippen LogP contribution in [0.1, 0.15) is 31.4 Å². The van der Waals surface area contributed by atoms with Gasteiger partial charge in [0, 0.05) is 23.2 Å². The molecule has 0 aromatic heterocycles. The van der Waals surface area contributed by atoms with Crippen LogP contribution in [-0.2, 0) is 22.8 Å². The zero-order valence-electron chi connectivity index (χ0n) is 20.5. The van der Waals surface area contributed by atoms with E-state index >= 15 is 0 Å². The molecule has 0 aliphatic carbocycles. The average molecular weight is 553 g/mol. The molecule has 0 saturated carbocycles. The van der Waals surface area contributed by atoms with Gasteiger partial charge in [0.2, 0.25) is 0 Å². The van der Waals surface area contributed by atoms with Crippen LogP contribution < -0.4 is 9.50 Å². The van der Waals surface area contributed by atoms with E-state index in [1.54, 1.807) is 28.8 Å². The first kappa shape index (κ1) is 28.4. The number of hydrogen-bond donors (Lipinski definition) is 1. The number of halogens is 3. The minimum atomic E-state index is -4.68. The van der Waals surface area contributed by atoms with Crippen molar-refractivity contribution in [3.05, 3.63) is 83.9 Å². The first-order chi connectivity index (χ1) is 17.4. The summed E-state index contributed by atoms with van der Waals surface area (Å²) in [6.07, 6.45) is -2.00. The van der Waals surface area contributed by atoms with Gasteiger partial charge in [-0.15, -0.1) is 11.8 Å². The van der Waals surface area contributed by atoms with Crippen molar-refractivity contribution in [2.24, 2.45) is 0 Å². The number of alkyl halides is 3. The molecule has 6 nitrogen and oxygen atoms in total. The topological polar surface area (TPSA) is 75.7 Å². The second-order valence-corrected chi connectivity index (χ2v) is 10.7. The highest BCUT2D eigenvalue weighted by molar-refractivity contribution is 7.98. The number of nitrogens with one attached hydrogen (secondary N) is 1. The van der Waals surface area contributed by atoms with Gasteiger partial charge < -0.3 is 14.4 Å². The van der Waals surface area contributed by atoms with E-state index in [-0.39, 0.29) is 24.4 Å². The SMILES string of the molecule is CCC(C)N(Cc1ccc(OS(=O)(=O)c2cccc(C(F)(F)F)c2)cc1)C(=O)Nc1ccc(SC)cc1. The molecule has 0 fully saturated rings. The van der Waals surface area contributed by atoms with Crippen molar-refractivity contribution in [2.45, 2.75) is 48.8 Å². The van der Waals surface area contributed by atoms with Gasteiger partial charge in [0.1, 0.15) is 10.6 Å². The molecule has 3 aromatic rings. The molecule has 1 atom stereocenters. The third-order valence-electron chi connectivity index (χ3n) is 5.66. The van der Waals surface area contributed by atoms with Crippen LogP contribution in [0.15, 0.2) is 82.6 Å². The molecule has 1 unspecified atom stereocenters. The summed E-state index contributed by atoms with van der Waals surface area (Å²) in [5.41, 5.74) is 0.299. The van der Waals surface area contributed by atoms with E-state index in [0.29, 0.717) is 11.8 Å². The van der Waals surface area contributed by atoms with Crippen molar-refractivity contribution in [1.82, 2.24) is 4.90 Å². The Kier molecular flexibility index (Phi) is 9.14. The Morgan fingerprint density at radius 2 is 1.70 bits per heavy atom. The van der Waals surface area contributed by atoms with Crippen LogP contribution >= 0.6 is 11.8 Å². The smallest absolute Gasteiger partial charge is 0.379 e. The van der Waals surface area contributed by atoms with Gasteiger partial charge in [-0.25, -0.2) is 4.79 Å². The molecule has 3 aromatic carbocycles. The van der Waals surface area contributed by atoms with E-state index < -0.39 is 26.8 Å². The fraction of sp³-hybridized carbons (Fsp3) is 0.269. The number of anilines is 1. The number of nitrogens with zero attached hydrogens (tertiary/aromatic N) is 1. The first-order valence-corrected chi connectivity index (χ1v) is 14.0. The van der Waals surface area contributed by atoms with Crippen LogP contribution in [0.3, 0.4) is 0 Å². The van der Waals surface area contributed by atoms with E-state index in [9.17, 15) is 26.4 Å². The lowest BCUT2D eigenvalue weighted by Gasteiger charge is -2.29. The van der Waals surface area contributed by atoms with Gasteiger partial charge in [-0.3, -0.25) is 0 Å². The number of amides is 2. The van der Waals surface area contributed by atoms with Gasteiger partial charge in [0.15, 0.2) is 0 Å². The molecule has 3 rings (SSSR count). The van der Waals surface area contributed by atoms with Crippen molar-refractivity contribution < 1.29 is 30.6 Å². The van der Waals surface area contributed by atoms with Crippen LogP contribution in [0.4, 0.5) is 23.7 Å². The van der Waals surface area contributed by atoms with Gasteiger partial charge in [-0.1, -0.05) is 25.1 Å². The molecular formula is C26H27F3N2O4S2. The minimum Gasteiger partial charge on any atom is -0.379 e. The Morgan fingerprint density at radius 3 is 2.27 bits per heavy atom. The van der Waals surface area contributed by atoms with Gasteiger partial charge in [0.25, 0.3) is 0 Å². The Labute approximate surface area is 219 Å². The van der Waals surface area contributed by atoms with Crippen LogP contribution in [0.5, 0.6) is 5.75 Å². The Bertz CT molecular complexity index is 1310. The van der Waals surface area contributed by atoms with Gasteiger partial charge in [-0.05, 0) is 79.8 Å². The van der Waals surface area contributed by atoms with Crippen molar-refractivity contribution in [3.8, 4) is 5.75 Å². The Morgan fingerprint density at radius 1 is 1.05 bits per heavy atom. The lowest BCUT2D eigenvalue weighted by Crippen LogP contribution is -2.40. The normalized spacial score (nSPS) is 12.6. The maximum atomic E-state index is 13.0. The Hall–Kier alpha value is -3.18. The van der Waals surface area contributed by atoms with Gasteiger partial charge >= 0.3 is 22.3 Å². The number of carbonyl (C=O) groups excluding carboxylic acids is 1. The summed E-state index contributed by atoms with van der Waals surface area (Å²) < 4.78 is 68.9. The van der Waals surface area contributed by atoms with Crippen molar-refractivity contribution in [2.75, 3.05) is 11.6 Å². The number of carbonyl (C=O) groups is 1. The van der Waals surface area contributed by atoms with E-state index in [2.05, 4.69) is 5.32 Å². The molecule has 0 bridgehead atoms. The van der Waals surface area contributed by atoms with E-state index in [1.807, 2.05) is 44.4 Å². The maximum Gasteiger partial charge on any atom is 0.416 e. The summed E-state index contributed by atoms with van der Waals surface area (Å²) in [7, 11) is -4.48. The third kappa shape index (κ3) is 7.65. The molecule has 2 amide bonds. The van der Waals surface area contributed by atoms with Crippen LogP contribution in [0.25, 0.3) is 0 Å². The molecule has 1 N–H and O–H groups in total. The number of hydrogen-bond acceptors (Lipinski definition) is 5. The largest absolute Gasteiger partial charge is 0.416 e. The first-order valence-electron chi connectivity index (χ1n) is 11.4.